The first-order valence-corrected chi connectivity index (χ1v) is 6.21. The lowest BCUT2D eigenvalue weighted by Gasteiger charge is -2.12. The standard InChI is InChI=1S/C14H18N2O2/c1-3-15-10(2)9-16-14(17)13-8-11-6-4-5-7-12(11)18-13/h4-8,10,15H,3,9H2,1-2H3,(H,16,17)/t10-/m1/s1. The number of rotatable bonds is 5. The minimum absolute atomic E-state index is 0.170. The summed E-state index contributed by atoms with van der Waals surface area (Å²) in [7, 11) is 0. The molecule has 0 saturated heterocycles. The summed E-state index contributed by atoms with van der Waals surface area (Å²) in [6.07, 6.45) is 0. The molecular weight excluding hydrogens is 228 g/mol. The molecular formula is C14H18N2O2. The number of carbonyl (C=O) groups is 1. The lowest BCUT2D eigenvalue weighted by atomic mass is 10.2. The summed E-state index contributed by atoms with van der Waals surface area (Å²) in [5.74, 6) is 0.191. The monoisotopic (exact) mass is 246 g/mol. The predicted molar refractivity (Wildman–Crippen MR) is 71.7 cm³/mol. The summed E-state index contributed by atoms with van der Waals surface area (Å²) in [6.45, 7) is 5.55. The van der Waals surface area contributed by atoms with E-state index in [1.54, 1.807) is 6.07 Å². The maximum atomic E-state index is 11.9. The lowest BCUT2D eigenvalue weighted by molar-refractivity contribution is 0.0924. The number of likely N-dealkylation sites (N-methyl/N-ethyl adjacent to an activating group) is 1. The summed E-state index contributed by atoms with van der Waals surface area (Å²) in [5, 5.41) is 7.03. The van der Waals surface area contributed by atoms with Crippen LogP contribution in [0, 0.1) is 0 Å². The Kier molecular flexibility index (Phi) is 3.99. The third-order valence-corrected chi connectivity index (χ3v) is 2.77. The Morgan fingerprint density at radius 3 is 2.89 bits per heavy atom. The van der Waals surface area contributed by atoms with Gasteiger partial charge in [0.1, 0.15) is 5.58 Å². The predicted octanol–water partition coefficient (Wildman–Crippen LogP) is 2.16. The number of fused-ring (bicyclic) bond motifs is 1. The van der Waals surface area contributed by atoms with E-state index in [1.165, 1.54) is 0 Å². The zero-order chi connectivity index (χ0) is 13.0. The average Bonchev–Trinajstić information content (AvgIpc) is 2.80. The Morgan fingerprint density at radius 1 is 1.39 bits per heavy atom. The molecule has 0 unspecified atom stereocenters. The number of hydrogen-bond acceptors (Lipinski definition) is 3. The first-order valence-electron chi connectivity index (χ1n) is 6.21. The molecule has 4 nitrogen and oxygen atoms in total. The number of amides is 1. The third-order valence-electron chi connectivity index (χ3n) is 2.77. The number of para-hydroxylation sites is 1. The topological polar surface area (TPSA) is 54.3 Å². The van der Waals surface area contributed by atoms with Gasteiger partial charge in [0.05, 0.1) is 0 Å². The van der Waals surface area contributed by atoms with Gasteiger partial charge in [-0.1, -0.05) is 25.1 Å². The van der Waals surface area contributed by atoms with E-state index in [-0.39, 0.29) is 11.9 Å². The Bertz CT molecular complexity index is 500. The summed E-state index contributed by atoms with van der Waals surface area (Å²) >= 11 is 0. The lowest BCUT2D eigenvalue weighted by Crippen LogP contribution is -2.38. The van der Waals surface area contributed by atoms with E-state index in [2.05, 4.69) is 10.6 Å². The van der Waals surface area contributed by atoms with E-state index < -0.39 is 0 Å². The van der Waals surface area contributed by atoms with Crippen molar-refractivity contribution >= 4 is 16.9 Å². The largest absolute Gasteiger partial charge is 0.451 e. The highest BCUT2D eigenvalue weighted by Crippen LogP contribution is 2.18. The Balaban J connectivity index is 2.00. The third kappa shape index (κ3) is 2.90. The van der Waals surface area contributed by atoms with E-state index in [4.69, 9.17) is 4.42 Å². The van der Waals surface area contributed by atoms with Crippen molar-refractivity contribution in [1.29, 1.82) is 0 Å². The van der Waals surface area contributed by atoms with Crippen molar-refractivity contribution in [1.82, 2.24) is 10.6 Å². The molecule has 0 spiro atoms. The molecule has 96 valence electrons. The normalized spacial score (nSPS) is 12.6. The molecule has 2 aromatic rings. The van der Waals surface area contributed by atoms with Crippen molar-refractivity contribution < 1.29 is 9.21 Å². The summed E-state index contributed by atoms with van der Waals surface area (Å²) < 4.78 is 5.49. The molecule has 1 aromatic heterocycles. The van der Waals surface area contributed by atoms with E-state index in [0.717, 1.165) is 17.5 Å². The highest BCUT2D eigenvalue weighted by molar-refractivity contribution is 5.96. The van der Waals surface area contributed by atoms with E-state index in [1.807, 2.05) is 38.1 Å². The van der Waals surface area contributed by atoms with E-state index >= 15 is 0 Å². The number of carbonyl (C=O) groups excluding carboxylic acids is 1. The van der Waals surface area contributed by atoms with Gasteiger partial charge in [0.25, 0.3) is 5.91 Å². The van der Waals surface area contributed by atoms with Gasteiger partial charge >= 0.3 is 0 Å². The van der Waals surface area contributed by atoms with Gasteiger partial charge in [0, 0.05) is 18.0 Å². The second-order valence-electron chi connectivity index (χ2n) is 4.32. The van der Waals surface area contributed by atoms with Crippen LogP contribution in [-0.2, 0) is 0 Å². The fourth-order valence-corrected chi connectivity index (χ4v) is 1.85. The second-order valence-corrected chi connectivity index (χ2v) is 4.32. The highest BCUT2D eigenvalue weighted by Gasteiger charge is 2.12. The first kappa shape index (κ1) is 12.6. The van der Waals surface area contributed by atoms with Crippen molar-refractivity contribution in [2.45, 2.75) is 19.9 Å². The molecule has 0 saturated carbocycles. The van der Waals surface area contributed by atoms with E-state index in [9.17, 15) is 4.79 Å². The molecule has 0 radical (unpaired) electrons. The molecule has 0 fully saturated rings. The first-order chi connectivity index (χ1) is 8.70. The van der Waals surface area contributed by atoms with Crippen LogP contribution in [0.5, 0.6) is 0 Å². The molecule has 0 aliphatic heterocycles. The summed E-state index contributed by atoms with van der Waals surface area (Å²) in [6, 6.07) is 9.61. The molecule has 1 heterocycles. The maximum absolute atomic E-state index is 11.9. The number of nitrogens with one attached hydrogen (secondary N) is 2. The van der Waals surface area contributed by atoms with Gasteiger partial charge in [0.2, 0.25) is 0 Å². The molecule has 0 aliphatic rings. The van der Waals surface area contributed by atoms with Gasteiger partial charge in [-0.15, -0.1) is 0 Å². The smallest absolute Gasteiger partial charge is 0.287 e. The van der Waals surface area contributed by atoms with Gasteiger partial charge in [0.15, 0.2) is 5.76 Å². The van der Waals surface area contributed by atoms with Crippen LogP contribution in [0.3, 0.4) is 0 Å². The van der Waals surface area contributed by atoms with Crippen molar-refractivity contribution in [3.8, 4) is 0 Å². The molecule has 2 N–H and O–H groups in total. The quantitative estimate of drug-likeness (QED) is 0.850. The number of benzene rings is 1. The second kappa shape index (κ2) is 5.69. The zero-order valence-corrected chi connectivity index (χ0v) is 10.7. The molecule has 1 atom stereocenters. The van der Waals surface area contributed by atoms with E-state index in [0.29, 0.717) is 12.3 Å². The molecule has 1 aromatic carbocycles. The van der Waals surface area contributed by atoms with Crippen LogP contribution in [-0.4, -0.2) is 25.0 Å². The Morgan fingerprint density at radius 2 is 2.17 bits per heavy atom. The van der Waals surface area contributed by atoms with Gasteiger partial charge in [-0.3, -0.25) is 4.79 Å². The summed E-state index contributed by atoms with van der Waals surface area (Å²) in [4.78, 5) is 11.9. The zero-order valence-electron chi connectivity index (χ0n) is 10.7. The van der Waals surface area contributed by atoms with Crippen molar-refractivity contribution in [2.24, 2.45) is 0 Å². The molecule has 0 bridgehead atoms. The van der Waals surface area contributed by atoms with Crippen LogP contribution >= 0.6 is 0 Å². The Labute approximate surface area is 106 Å². The van der Waals surface area contributed by atoms with Gasteiger partial charge < -0.3 is 15.1 Å². The van der Waals surface area contributed by atoms with Crippen molar-refractivity contribution in [2.75, 3.05) is 13.1 Å². The van der Waals surface area contributed by atoms with Gasteiger partial charge in [-0.25, -0.2) is 0 Å². The highest BCUT2D eigenvalue weighted by atomic mass is 16.3. The minimum Gasteiger partial charge on any atom is -0.451 e. The van der Waals surface area contributed by atoms with Crippen molar-refractivity contribution in [3.05, 3.63) is 36.1 Å². The van der Waals surface area contributed by atoms with Crippen LogP contribution in [0.2, 0.25) is 0 Å². The molecule has 0 aliphatic carbocycles. The Hall–Kier alpha value is -1.81. The average molecular weight is 246 g/mol. The number of furan rings is 1. The minimum atomic E-state index is -0.170. The SMILES string of the molecule is CCN[C@H](C)CNC(=O)c1cc2ccccc2o1. The molecule has 4 heteroatoms. The van der Waals surface area contributed by atoms with Crippen LogP contribution in [0.15, 0.2) is 34.7 Å². The molecule has 18 heavy (non-hydrogen) atoms. The fraction of sp³-hybridized carbons (Fsp3) is 0.357. The van der Waals surface area contributed by atoms with Gasteiger partial charge in [-0.05, 0) is 25.6 Å². The van der Waals surface area contributed by atoms with Crippen LogP contribution < -0.4 is 10.6 Å². The van der Waals surface area contributed by atoms with Crippen molar-refractivity contribution in [3.63, 3.8) is 0 Å². The molecule has 2 rings (SSSR count). The maximum Gasteiger partial charge on any atom is 0.287 e. The van der Waals surface area contributed by atoms with Crippen LogP contribution in [0.1, 0.15) is 24.4 Å². The fourth-order valence-electron chi connectivity index (χ4n) is 1.85. The summed E-state index contributed by atoms with van der Waals surface area (Å²) in [5.41, 5.74) is 0.738. The van der Waals surface area contributed by atoms with Crippen LogP contribution in [0.25, 0.3) is 11.0 Å². The van der Waals surface area contributed by atoms with Crippen LogP contribution in [0.4, 0.5) is 0 Å². The molecule has 1 amide bonds. The van der Waals surface area contributed by atoms with Gasteiger partial charge in [-0.2, -0.15) is 0 Å². The number of hydrogen-bond donors (Lipinski definition) is 2.